The van der Waals surface area contributed by atoms with Crippen LogP contribution in [0.2, 0.25) is 0 Å². The molecule has 2 aliphatic rings. The van der Waals surface area contributed by atoms with Gasteiger partial charge in [-0.2, -0.15) is 13.2 Å². The van der Waals surface area contributed by atoms with Gasteiger partial charge >= 0.3 is 12.1 Å². The zero-order chi connectivity index (χ0) is 24.6. The molecule has 0 unspecified atom stereocenters. The SMILES string of the molecule is CC(=O)Nc1ccc(C(=O)N(CCC(=O)N2CCNCC2)C2CC2)cc1.O=C(O)C(F)(F)F. The van der Waals surface area contributed by atoms with E-state index in [9.17, 15) is 27.6 Å². The molecule has 182 valence electrons. The van der Waals surface area contributed by atoms with Gasteiger partial charge in [-0.15, -0.1) is 0 Å². The number of hydrogen-bond acceptors (Lipinski definition) is 5. The number of nitrogens with zero attached hydrogens (tertiary/aromatic N) is 2. The van der Waals surface area contributed by atoms with Gasteiger partial charge in [-0.25, -0.2) is 4.79 Å². The minimum Gasteiger partial charge on any atom is -0.475 e. The van der Waals surface area contributed by atoms with Gasteiger partial charge in [0.05, 0.1) is 0 Å². The molecule has 0 radical (unpaired) electrons. The van der Waals surface area contributed by atoms with Gasteiger partial charge in [0.25, 0.3) is 5.91 Å². The highest BCUT2D eigenvalue weighted by Gasteiger charge is 2.38. The molecule has 2 fully saturated rings. The summed E-state index contributed by atoms with van der Waals surface area (Å²) in [7, 11) is 0. The van der Waals surface area contributed by atoms with E-state index in [-0.39, 0.29) is 23.8 Å². The minimum absolute atomic E-state index is 0.0463. The number of anilines is 1. The van der Waals surface area contributed by atoms with E-state index >= 15 is 0 Å². The van der Waals surface area contributed by atoms with Crippen LogP contribution in [0.25, 0.3) is 0 Å². The predicted molar refractivity (Wildman–Crippen MR) is 113 cm³/mol. The number of amides is 3. The number of aliphatic carboxylic acids is 1. The number of piperazine rings is 1. The molecule has 1 heterocycles. The van der Waals surface area contributed by atoms with Crippen molar-refractivity contribution in [1.82, 2.24) is 15.1 Å². The molecule has 1 aliphatic carbocycles. The Kier molecular flexibility index (Phi) is 9.21. The van der Waals surface area contributed by atoms with E-state index in [0.29, 0.717) is 24.2 Å². The van der Waals surface area contributed by atoms with Crippen LogP contribution < -0.4 is 10.6 Å². The number of rotatable bonds is 6. The molecule has 33 heavy (non-hydrogen) atoms. The highest BCUT2D eigenvalue weighted by atomic mass is 19.4. The van der Waals surface area contributed by atoms with E-state index in [1.807, 2.05) is 9.80 Å². The van der Waals surface area contributed by atoms with Crippen molar-refractivity contribution >= 4 is 29.4 Å². The topological polar surface area (TPSA) is 119 Å². The normalized spacial score (nSPS) is 15.7. The van der Waals surface area contributed by atoms with Crippen molar-refractivity contribution in [2.24, 2.45) is 0 Å². The first kappa shape index (κ1) is 26.1. The Hall–Kier alpha value is -3.15. The fraction of sp³-hybridized carbons (Fsp3) is 0.524. The van der Waals surface area contributed by atoms with Gasteiger partial charge < -0.3 is 25.5 Å². The highest BCUT2D eigenvalue weighted by molar-refractivity contribution is 5.96. The van der Waals surface area contributed by atoms with Crippen LogP contribution in [-0.2, 0) is 14.4 Å². The van der Waals surface area contributed by atoms with Gasteiger partial charge in [-0.05, 0) is 37.1 Å². The summed E-state index contributed by atoms with van der Waals surface area (Å²) in [5.41, 5.74) is 1.25. The van der Waals surface area contributed by atoms with E-state index in [0.717, 1.165) is 39.0 Å². The van der Waals surface area contributed by atoms with Gasteiger partial charge in [-0.3, -0.25) is 14.4 Å². The van der Waals surface area contributed by atoms with E-state index < -0.39 is 12.1 Å². The number of carbonyl (C=O) groups is 4. The number of benzene rings is 1. The van der Waals surface area contributed by atoms with Crippen LogP contribution in [0.4, 0.5) is 18.9 Å². The van der Waals surface area contributed by atoms with E-state index in [2.05, 4.69) is 10.6 Å². The second kappa shape index (κ2) is 11.6. The summed E-state index contributed by atoms with van der Waals surface area (Å²) in [6.45, 7) is 5.04. The van der Waals surface area contributed by atoms with E-state index in [1.54, 1.807) is 24.3 Å². The molecule has 1 aliphatic heterocycles. The average Bonchev–Trinajstić information content (AvgIpc) is 3.59. The maximum Gasteiger partial charge on any atom is 0.490 e. The first-order valence-electron chi connectivity index (χ1n) is 10.5. The molecule has 1 aromatic rings. The van der Waals surface area contributed by atoms with Crippen LogP contribution >= 0.6 is 0 Å². The van der Waals surface area contributed by atoms with Crippen molar-refractivity contribution in [2.45, 2.75) is 38.4 Å². The second-order valence-electron chi connectivity index (χ2n) is 7.67. The smallest absolute Gasteiger partial charge is 0.475 e. The van der Waals surface area contributed by atoms with Crippen LogP contribution in [0.1, 0.15) is 36.5 Å². The molecule has 1 saturated heterocycles. The Morgan fingerprint density at radius 1 is 1.12 bits per heavy atom. The summed E-state index contributed by atoms with van der Waals surface area (Å²) >= 11 is 0. The molecular formula is C21H27F3N4O5. The van der Waals surface area contributed by atoms with Crippen LogP contribution in [0, 0.1) is 0 Å². The van der Waals surface area contributed by atoms with Gasteiger partial charge in [0.15, 0.2) is 0 Å². The molecule has 1 aromatic carbocycles. The molecule has 9 nitrogen and oxygen atoms in total. The minimum atomic E-state index is -5.08. The maximum absolute atomic E-state index is 12.9. The molecule has 0 spiro atoms. The Morgan fingerprint density at radius 3 is 2.12 bits per heavy atom. The summed E-state index contributed by atoms with van der Waals surface area (Å²) < 4.78 is 31.7. The summed E-state index contributed by atoms with van der Waals surface area (Å²) in [6, 6.07) is 7.15. The number of halogens is 3. The monoisotopic (exact) mass is 472 g/mol. The van der Waals surface area contributed by atoms with Gasteiger partial charge in [0.2, 0.25) is 11.8 Å². The molecule has 0 atom stereocenters. The number of carboxylic acids is 1. The lowest BCUT2D eigenvalue weighted by molar-refractivity contribution is -0.192. The lowest BCUT2D eigenvalue weighted by Gasteiger charge is -2.29. The van der Waals surface area contributed by atoms with Gasteiger partial charge in [0, 0.05) is 63.4 Å². The molecule has 0 aromatic heterocycles. The lowest BCUT2D eigenvalue weighted by atomic mass is 10.1. The van der Waals surface area contributed by atoms with E-state index in [4.69, 9.17) is 9.90 Å². The van der Waals surface area contributed by atoms with Crippen LogP contribution in [0.15, 0.2) is 24.3 Å². The van der Waals surface area contributed by atoms with E-state index in [1.165, 1.54) is 6.92 Å². The van der Waals surface area contributed by atoms with Crippen molar-refractivity contribution in [1.29, 1.82) is 0 Å². The largest absolute Gasteiger partial charge is 0.490 e. The van der Waals surface area contributed by atoms with Crippen LogP contribution in [-0.4, -0.2) is 83.5 Å². The number of hydrogen-bond donors (Lipinski definition) is 3. The summed E-state index contributed by atoms with van der Waals surface area (Å²) in [5, 5.41) is 13.1. The van der Waals surface area contributed by atoms with Crippen molar-refractivity contribution < 1.29 is 37.5 Å². The third kappa shape index (κ3) is 8.72. The fourth-order valence-corrected chi connectivity index (χ4v) is 3.19. The number of carboxylic acid groups (broad SMARTS) is 1. The average molecular weight is 472 g/mol. The standard InChI is InChI=1S/C19H26N4O3.C2HF3O2/c1-14(24)21-16-4-2-15(3-5-16)19(26)23(17-6-7-17)11-8-18(25)22-12-9-20-10-13-22;3-2(4,5)1(6)7/h2-5,17,20H,6-13H2,1H3,(H,21,24);(H,6,7). The van der Waals surface area contributed by atoms with Crippen LogP contribution in [0.5, 0.6) is 0 Å². The molecule has 3 amide bonds. The number of alkyl halides is 3. The third-order valence-electron chi connectivity index (χ3n) is 4.98. The van der Waals surface area contributed by atoms with Crippen molar-refractivity contribution in [3.8, 4) is 0 Å². The zero-order valence-corrected chi connectivity index (χ0v) is 18.2. The van der Waals surface area contributed by atoms with Crippen molar-refractivity contribution in [3.05, 3.63) is 29.8 Å². The quantitative estimate of drug-likeness (QED) is 0.580. The summed E-state index contributed by atoms with van der Waals surface area (Å²) in [4.78, 5) is 48.9. The Labute approximate surface area is 188 Å². The zero-order valence-electron chi connectivity index (χ0n) is 18.2. The third-order valence-corrected chi connectivity index (χ3v) is 4.98. The number of carbonyl (C=O) groups excluding carboxylic acids is 3. The van der Waals surface area contributed by atoms with Crippen molar-refractivity contribution in [2.75, 3.05) is 38.0 Å². The summed E-state index contributed by atoms with van der Waals surface area (Å²) in [5.74, 6) is -2.83. The first-order chi connectivity index (χ1) is 15.5. The lowest BCUT2D eigenvalue weighted by Crippen LogP contribution is -2.47. The molecule has 0 bridgehead atoms. The van der Waals surface area contributed by atoms with Gasteiger partial charge in [0.1, 0.15) is 0 Å². The summed E-state index contributed by atoms with van der Waals surface area (Å²) in [6.07, 6.45) is -2.72. The Morgan fingerprint density at radius 2 is 1.67 bits per heavy atom. The first-order valence-corrected chi connectivity index (χ1v) is 10.5. The Bertz CT molecular complexity index is 850. The van der Waals surface area contributed by atoms with Gasteiger partial charge in [-0.1, -0.05) is 0 Å². The Balaban J connectivity index is 0.000000479. The van der Waals surface area contributed by atoms with Crippen LogP contribution in [0.3, 0.4) is 0 Å². The molecule has 1 saturated carbocycles. The van der Waals surface area contributed by atoms with Crippen molar-refractivity contribution in [3.63, 3.8) is 0 Å². The predicted octanol–water partition coefficient (Wildman–Crippen LogP) is 1.70. The molecule has 3 rings (SSSR count). The molecular weight excluding hydrogens is 445 g/mol. The second-order valence-corrected chi connectivity index (χ2v) is 7.67. The molecule has 3 N–H and O–H groups in total. The molecule has 12 heteroatoms. The highest BCUT2D eigenvalue weighted by Crippen LogP contribution is 2.28. The fourth-order valence-electron chi connectivity index (χ4n) is 3.19. The number of nitrogens with one attached hydrogen (secondary N) is 2. The maximum atomic E-state index is 12.9.